The molecule has 2 rings (SSSR count). The van der Waals surface area contributed by atoms with Crippen molar-refractivity contribution < 1.29 is 4.79 Å². The topological polar surface area (TPSA) is 59.8 Å². The first-order chi connectivity index (χ1) is 7.70. The van der Waals surface area contributed by atoms with Crippen LogP contribution < -0.4 is 5.32 Å². The Morgan fingerprint density at radius 1 is 1.50 bits per heavy atom. The number of nitrogens with zero attached hydrogens (tertiary/aromatic N) is 3. The monoisotopic (exact) mass is 280 g/mol. The lowest BCUT2D eigenvalue weighted by atomic mass is 10.3. The van der Waals surface area contributed by atoms with Gasteiger partial charge in [0.2, 0.25) is 0 Å². The van der Waals surface area contributed by atoms with E-state index in [0.717, 1.165) is 10.2 Å². The molecule has 6 heteroatoms. The number of carbonyl (C=O) groups is 1. The van der Waals surface area contributed by atoms with E-state index in [0.29, 0.717) is 5.69 Å². The van der Waals surface area contributed by atoms with Gasteiger partial charge < -0.3 is 5.32 Å². The van der Waals surface area contributed by atoms with E-state index in [1.165, 1.54) is 0 Å². The van der Waals surface area contributed by atoms with Crippen LogP contribution in [-0.4, -0.2) is 27.9 Å². The molecular weight excluding hydrogens is 272 g/mol. The fourth-order valence-electron chi connectivity index (χ4n) is 1.24. The highest BCUT2D eigenvalue weighted by Gasteiger charge is 2.09. The molecule has 0 radical (unpaired) electrons. The Morgan fingerprint density at radius 3 is 3.00 bits per heavy atom. The molecule has 82 valence electrons. The zero-order chi connectivity index (χ0) is 11.5. The quantitative estimate of drug-likeness (QED) is 0.905. The van der Waals surface area contributed by atoms with Crippen LogP contribution in [-0.2, 0) is 0 Å². The first-order valence-electron chi connectivity index (χ1n) is 4.61. The average molecular weight is 281 g/mol. The summed E-state index contributed by atoms with van der Waals surface area (Å²) >= 11 is 3.37. The Morgan fingerprint density at radius 2 is 2.31 bits per heavy atom. The van der Waals surface area contributed by atoms with Gasteiger partial charge in [-0.05, 0) is 18.2 Å². The molecule has 0 saturated carbocycles. The molecule has 5 nitrogen and oxygen atoms in total. The second-order valence-corrected chi connectivity index (χ2v) is 4.02. The van der Waals surface area contributed by atoms with E-state index in [4.69, 9.17) is 0 Å². The summed E-state index contributed by atoms with van der Waals surface area (Å²) in [7, 11) is 1.56. The van der Waals surface area contributed by atoms with E-state index in [9.17, 15) is 4.79 Å². The van der Waals surface area contributed by atoms with Crippen LogP contribution in [0.15, 0.2) is 34.9 Å². The standard InChI is InChI=1S/C10H9BrN4O/c1-12-10(16)9-6-15(14-13-9)8-4-2-3-7(11)5-8/h2-6H,1H3,(H,12,16). The van der Waals surface area contributed by atoms with Crippen molar-refractivity contribution in [2.24, 2.45) is 0 Å². The molecule has 0 aliphatic rings. The lowest BCUT2D eigenvalue weighted by molar-refractivity contribution is 0.0958. The van der Waals surface area contributed by atoms with Crippen molar-refractivity contribution in [1.29, 1.82) is 0 Å². The molecule has 0 aliphatic carbocycles. The van der Waals surface area contributed by atoms with Gasteiger partial charge in [-0.2, -0.15) is 0 Å². The van der Waals surface area contributed by atoms with Gasteiger partial charge in [-0.25, -0.2) is 4.68 Å². The minimum absolute atomic E-state index is 0.249. The Hall–Kier alpha value is -1.69. The number of halogens is 1. The fraction of sp³-hybridized carbons (Fsp3) is 0.100. The van der Waals surface area contributed by atoms with Gasteiger partial charge in [0.15, 0.2) is 5.69 Å². The minimum atomic E-state index is -0.249. The maximum atomic E-state index is 11.3. The molecule has 0 atom stereocenters. The molecule has 1 aromatic heterocycles. The Bertz CT molecular complexity index is 523. The smallest absolute Gasteiger partial charge is 0.273 e. The Balaban J connectivity index is 2.35. The van der Waals surface area contributed by atoms with E-state index in [-0.39, 0.29) is 5.91 Å². The van der Waals surface area contributed by atoms with Crippen molar-refractivity contribution in [3.05, 3.63) is 40.6 Å². The maximum absolute atomic E-state index is 11.3. The third-order valence-electron chi connectivity index (χ3n) is 2.03. The van der Waals surface area contributed by atoms with Gasteiger partial charge in [0.25, 0.3) is 5.91 Å². The van der Waals surface area contributed by atoms with Crippen LogP contribution in [0.5, 0.6) is 0 Å². The van der Waals surface area contributed by atoms with Crippen LogP contribution in [0, 0.1) is 0 Å². The molecule has 1 aromatic carbocycles. The molecule has 0 aliphatic heterocycles. The van der Waals surface area contributed by atoms with E-state index in [1.807, 2.05) is 24.3 Å². The van der Waals surface area contributed by atoms with Gasteiger partial charge in [0.1, 0.15) is 0 Å². The highest BCUT2D eigenvalue weighted by molar-refractivity contribution is 9.10. The molecule has 0 fully saturated rings. The third kappa shape index (κ3) is 2.11. The van der Waals surface area contributed by atoms with Crippen molar-refractivity contribution in [2.75, 3.05) is 7.05 Å². The van der Waals surface area contributed by atoms with E-state index >= 15 is 0 Å². The van der Waals surface area contributed by atoms with Gasteiger partial charge in [-0.1, -0.05) is 27.2 Å². The zero-order valence-corrected chi connectivity index (χ0v) is 10.1. The largest absolute Gasteiger partial charge is 0.354 e. The number of nitrogens with one attached hydrogen (secondary N) is 1. The Labute approximate surface area is 101 Å². The van der Waals surface area contributed by atoms with Gasteiger partial charge >= 0.3 is 0 Å². The second-order valence-electron chi connectivity index (χ2n) is 3.11. The summed E-state index contributed by atoms with van der Waals surface area (Å²) in [5, 5.41) is 10.2. The molecule has 16 heavy (non-hydrogen) atoms. The summed E-state index contributed by atoms with van der Waals surface area (Å²) < 4.78 is 2.50. The predicted molar refractivity (Wildman–Crippen MR) is 62.4 cm³/mol. The highest BCUT2D eigenvalue weighted by atomic mass is 79.9. The van der Waals surface area contributed by atoms with Crippen molar-refractivity contribution >= 4 is 21.8 Å². The van der Waals surface area contributed by atoms with E-state index < -0.39 is 0 Å². The number of rotatable bonds is 2. The normalized spacial score (nSPS) is 10.1. The zero-order valence-electron chi connectivity index (χ0n) is 8.51. The summed E-state index contributed by atoms with van der Waals surface area (Å²) in [6, 6.07) is 7.58. The minimum Gasteiger partial charge on any atom is -0.354 e. The predicted octanol–water partition coefficient (Wildman–Crippen LogP) is 1.39. The van der Waals surface area contributed by atoms with Crippen molar-refractivity contribution in [3.63, 3.8) is 0 Å². The number of hydrogen-bond donors (Lipinski definition) is 1. The summed E-state index contributed by atoms with van der Waals surface area (Å²) in [6.07, 6.45) is 1.58. The second kappa shape index (κ2) is 4.44. The van der Waals surface area contributed by atoms with Crippen LogP contribution in [0.25, 0.3) is 5.69 Å². The first-order valence-corrected chi connectivity index (χ1v) is 5.40. The van der Waals surface area contributed by atoms with Crippen molar-refractivity contribution in [2.45, 2.75) is 0 Å². The Kier molecular flexibility index (Phi) is 3.00. The number of hydrogen-bond acceptors (Lipinski definition) is 3. The lowest BCUT2D eigenvalue weighted by Gasteiger charge is -1.99. The van der Waals surface area contributed by atoms with Crippen LogP contribution in [0.3, 0.4) is 0 Å². The van der Waals surface area contributed by atoms with Gasteiger partial charge in [-0.15, -0.1) is 5.10 Å². The molecule has 0 bridgehead atoms. The van der Waals surface area contributed by atoms with Crippen LogP contribution in [0.1, 0.15) is 10.5 Å². The number of amides is 1. The summed E-state index contributed by atoms with van der Waals surface area (Å²) in [4.78, 5) is 11.3. The maximum Gasteiger partial charge on any atom is 0.273 e. The molecule has 0 unspecified atom stereocenters. The number of carbonyl (C=O) groups excluding carboxylic acids is 1. The summed E-state index contributed by atoms with van der Waals surface area (Å²) in [6.45, 7) is 0. The summed E-state index contributed by atoms with van der Waals surface area (Å²) in [5.74, 6) is -0.249. The van der Waals surface area contributed by atoms with Crippen molar-refractivity contribution in [1.82, 2.24) is 20.3 Å². The third-order valence-corrected chi connectivity index (χ3v) is 2.52. The van der Waals surface area contributed by atoms with E-state index in [1.54, 1.807) is 17.9 Å². The summed E-state index contributed by atoms with van der Waals surface area (Å²) in [5.41, 5.74) is 1.14. The van der Waals surface area contributed by atoms with Gasteiger partial charge in [0, 0.05) is 11.5 Å². The fourth-order valence-corrected chi connectivity index (χ4v) is 1.63. The van der Waals surface area contributed by atoms with Gasteiger partial charge in [0.05, 0.1) is 11.9 Å². The first kappa shape index (κ1) is 10.8. The van der Waals surface area contributed by atoms with Gasteiger partial charge in [-0.3, -0.25) is 4.79 Å². The number of benzene rings is 1. The molecule has 0 saturated heterocycles. The van der Waals surface area contributed by atoms with Crippen LogP contribution in [0.2, 0.25) is 0 Å². The van der Waals surface area contributed by atoms with E-state index in [2.05, 4.69) is 31.6 Å². The highest BCUT2D eigenvalue weighted by Crippen LogP contribution is 2.14. The molecule has 0 spiro atoms. The molecule has 1 amide bonds. The molecule has 2 aromatic rings. The van der Waals surface area contributed by atoms with Crippen LogP contribution >= 0.6 is 15.9 Å². The molecule has 1 heterocycles. The number of aromatic nitrogens is 3. The molecule has 1 N–H and O–H groups in total. The SMILES string of the molecule is CNC(=O)c1cn(-c2cccc(Br)c2)nn1. The lowest BCUT2D eigenvalue weighted by Crippen LogP contribution is -2.18. The van der Waals surface area contributed by atoms with Crippen LogP contribution in [0.4, 0.5) is 0 Å². The molecular formula is C10H9BrN4O. The van der Waals surface area contributed by atoms with Crippen molar-refractivity contribution in [3.8, 4) is 5.69 Å². The average Bonchev–Trinajstić information content (AvgIpc) is 2.77.